The number of hydrogen-bond acceptors (Lipinski definition) is 3. The number of nitrogens with two attached hydrogens (primary N) is 1. The van der Waals surface area contributed by atoms with E-state index in [9.17, 15) is 9.18 Å². The van der Waals surface area contributed by atoms with E-state index in [1.165, 1.54) is 18.2 Å². The van der Waals surface area contributed by atoms with Gasteiger partial charge in [-0.2, -0.15) is 0 Å². The minimum Gasteiger partial charge on any atom is -0.466 e. The molecule has 0 aliphatic heterocycles. The fourth-order valence-electron chi connectivity index (χ4n) is 1.70. The minimum absolute atomic E-state index is 0.0336. The molecule has 0 bridgehead atoms. The maximum Gasteiger partial charge on any atom is 0.196 e. The molecule has 2 aromatic rings. The lowest BCUT2D eigenvalue weighted by atomic mass is 10.0. The zero-order valence-corrected chi connectivity index (χ0v) is 9.58. The summed E-state index contributed by atoms with van der Waals surface area (Å²) in [6, 6.07) is 5.59. The number of ketones is 1. The Bertz CT molecular complexity index is 587. The summed E-state index contributed by atoms with van der Waals surface area (Å²) < 4.78 is 18.3. The van der Waals surface area contributed by atoms with Gasteiger partial charge < -0.3 is 10.2 Å². The van der Waals surface area contributed by atoms with E-state index in [0.29, 0.717) is 22.6 Å². The Labute approximate surface area is 98.0 Å². The van der Waals surface area contributed by atoms with Crippen LogP contribution in [0.3, 0.4) is 0 Å². The van der Waals surface area contributed by atoms with E-state index in [-0.39, 0.29) is 11.5 Å². The summed E-state index contributed by atoms with van der Waals surface area (Å²) in [5.74, 6) is 0.476. The Morgan fingerprint density at radius 1 is 1.29 bits per heavy atom. The minimum atomic E-state index is -0.526. The van der Waals surface area contributed by atoms with Crippen LogP contribution in [0.2, 0.25) is 0 Å². The van der Waals surface area contributed by atoms with Crippen molar-refractivity contribution >= 4 is 11.5 Å². The van der Waals surface area contributed by atoms with Gasteiger partial charge in [-0.1, -0.05) is 0 Å². The highest BCUT2D eigenvalue weighted by Crippen LogP contribution is 2.20. The number of anilines is 1. The standard InChI is InChI=1S/C13H12FNO2/c1-7-5-10(8(2)17-7)13(16)9-3-4-11(14)12(15)6-9/h3-6H,15H2,1-2H3. The summed E-state index contributed by atoms with van der Waals surface area (Å²) in [4.78, 5) is 12.1. The fraction of sp³-hybridized carbons (Fsp3) is 0.154. The smallest absolute Gasteiger partial charge is 0.196 e. The number of halogens is 1. The van der Waals surface area contributed by atoms with Gasteiger partial charge in [-0.15, -0.1) is 0 Å². The van der Waals surface area contributed by atoms with E-state index >= 15 is 0 Å². The van der Waals surface area contributed by atoms with Gasteiger partial charge in [0.1, 0.15) is 17.3 Å². The highest BCUT2D eigenvalue weighted by Gasteiger charge is 2.16. The van der Waals surface area contributed by atoms with Crippen molar-refractivity contribution < 1.29 is 13.6 Å². The van der Waals surface area contributed by atoms with Gasteiger partial charge in [-0.05, 0) is 38.1 Å². The lowest BCUT2D eigenvalue weighted by Gasteiger charge is -2.01. The molecule has 0 saturated carbocycles. The van der Waals surface area contributed by atoms with Crippen LogP contribution in [0.4, 0.5) is 10.1 Å². The molecule has 0 amide bonds. The fourth-order valence-corrected chi connectivity index (χ4v) is 1.70. The molecule has 0 atom stereocenters. The van der Waals surface area contributed by atoms with E-state index in [4.69, 9.17) is 10.2 Å². The molecule has 1 aromatic carbocycles. The van der Waals surface area contributed by atoms with E-state index in [2.05, 4.69) is 0 Å². The third-order valence-corrected chi connectivity index (χ3v) is 2.54. The predicted molar refractivity (Wildman–Crippen MR) is 62.4 cm³/mol. The van der Waals surface area contributed by atoms with Gasteiger partial charge in [0.15, 0.2) is 5.78 Å². The molecule has 0 fully saturated rings. The lowest BCUT2D eigenvalue weighted by molar-refractivity contribution is 0.103. The van der Waals surface area contributed by atoms with Crippen molar-refractivity contribution in [2.24, 2.45) is 0 Å². The van der Waals surface area contributed by atoms with Gasteiger partial charge in [0, 0.05) is 5.56 Å². The Morgan fingerprint density at radius 2 is 2.00 bits per heavy atom. The van der Waals surface area contributed by atoms with Crippen molar-refractivity contribution in [3.05, 3.63) is 52.7 Å². The van der Waals surface area contributed by atoms with Gasteiger partial charge in [0.25, 0.3) is 0 Å². The normalized spacial score (nSPS) is 10.5. The molecule has 2 N–H and O–H groups in total. The Morgan fingerprint density at radius 3 is 2.53 bits per heavy atom. The van der Waals surface area contributed by atoms with Crippen LogP contribution in [0.25, 0.3) is 0 Å². The van der Waals surface area contributed by atoms with Crippen LogP contribution >= 0.6 is 0 Å². The summed E-state index contributed by atoms with van der Waals surface area (Å²) in [7, 11) is 0. The van der Waals surface area contributed by atoms with E-state index in [0.717, 1.165) is 0 Å². The second-order valence-corrected chi connectivity index (χ2v) is 3.89. The van der Waals surface area contributed by atoms with E-state index in [1.807, 2.05) is 0 Å². The maximum absolute atomic E-state index is 13.0. The number of rotatable bonds is 2. The molecule has 2 rings (SSSR count). The summed E-state index contributed by atoms with van der Waals surface area (Å²) in [6.45, 7) is 3.48. The third-order valence-electron chi connectivity index (χ3n) is 2.54. The molecule has 0 radical (unpaired) electrons. The highest BCUT2D eigenvalue weighted by atomic mass is 19.1. The highest BCUT2D eigenvalue weighted by molar-refractivity contribution is 6.10. The Kier molecular flexibility index (Phi) is 2.71. The number of benzene rings is 1. The van der Waals surface area contributed by atoms with Crippen molar-refractivity contribution in [2.45, 2.75) is 13.8 Å². The largest absolute Gasteiger partial charge is 0.466 e. The van der Waals surface area contributed by atoms with Crippen LogP contribution in [-0.2, 0) is 0 Å². The number of hydrogen-bond donors (Lipinski definition) is 1. The first-order chi connectivity index (χ1) is 7.99. The summed E-state index contributed by atoms with van der Waals surface area (Å²) in [6.07, 6.45) is 0. The van der Waals surface area contributed by atoms with Gasteiger partial charge in [0.2, 0.25) is 0 Å². The van der Waals surface area contributed by atoms with Gasteiger partial charge in [-0.25, -0.2) is 4.39 Å². The molecule has 0 unspecified atom stereocenters. The second kappa shape index (κ2) is 4.05. The molecule has 0 aliphatic rings. The zero-order chi connectivity index (χ0) is 12.6. The van der Waals surface area contributed by atoms with Crippen molar-refractivity contribution in [1.29, 1.82) is 0 Å². The SMILES string of the molecule is Cc1cc(C(=O)c2ccc(F)c(N)c2)c(C)o1. The second-order valence-electron chi connectivity index (χ2n) is 3.89. The average molecular weight is 233 g/mol. The monoisotopic (exact) mass is 233 g/mol. The molecule has 0 aliphatic carbocycles. The van der Waals surface area contributed by atoms with Crippen LogP contribution in [-0.4, -0.2) is 5.78 Å². The van der Waals surface area contributed by atoms with Crippen molar-refractivity contribution in [1.82, 2.24) is 0 Å². The maximum atomic E-state index is 13.0. The van der Waals surface area contributed by atoms with Crippen LogP contribution in [0.15, 0.2) is 28.7 Å². The van der Waals surface area contributed by atoms with Gasteiger partial charge in [-0.3, -0.25) is 4.79 Å². The first-order valence-corrected chi connectivity index (χ1v) is 5.16. The Hall–Kier alpha value is -2.10. The predicted octanol–water partition coefficient (Wildman–Crippen LogP) is 2.85. The quantitative estimate of drug-likeness (QED) is 0.641. The van der Waals surface area contributed by atoms with E-state index < -0.39 is 5.82 Å². The summed E-state index contributed by atoms with van der Waals surface area (Å²) in [5, 5.41) is 0. The molecule has 1 heterocycles. The molecule has 3 nitrogen and oxygen atoms in total. The molecular formula is C13H12FNO2. The van der Waals surface area contributed by atoms with Crippen LogP contribution in [0, 0.1) is 19.7 Å². The molecule has 1 aromatic heterocycles. The molecule has 88 valence electrons. The zero-order valence-electron chi connectivity index (χ0n) is 9.58. The average Bonchev–Trinajstić information content (AvgIpc) is 2.61. The van der Waals surface area contributed by atoms with Crippen LogP contribution in [0.1, 0.15) is 27.4 Å². The molecule has 0 saturated heterocycles. The first kappa shape index (κ1) is 11.4. The Balaban J connectivity index is 2.44. The van der Waals surface area contributed by atoms with Crippen molar-refractivity contribution in [3.63, 3.8) is 0 Å². The van der Waals surface area contributed by atoms with Crippen LogP contribution in [0.5, 0.6) is 0 Å². The number of carbonyl (C=O) groups is 1. The molecule has 17 heavy (non-hydrogen) atoms. The lowest BCUT2D eigenvalue weighted by Crippen LogP contribution is -2.03. The van der Waals surface area contributed by atoms with E-state index in [1.54, 1.807) is 19.9 Å². The molecule has 0 spiro atoms. The number of nitrogen functional groups attached to an aromatic ring is 1. The van der Waals surface area contributed by atoms with Crippen molar-refractivity contribution in [2.75, 3.05) is 5.73 Å². The van der Waals surface area contributed by atoms with Crippen molar-refractivity contribution in [3.8, 4) is 0 Å². The summed E-state index contributed by atoms with van der Waals surface area (Å²) in [5.41, 5.74) is 6.23. The molecular weight excluding hydrogens is 221 g/mol. The van der Waals surface area contributed by atoms with Gasteiger partial charge >= 0.3 is 0 Å². The topological polar surface area (TPSA) is 56.2 Å². The van der Waals surface area contributed by atoms with Gasteiger partial charge in [0.05, 0.1) is 11.3 Å². The summed E-state index contributed by atoms with van der Waals surface area (Å²) >= 11 is 0. The first-order valence-electron chi connectivity index (χ1n) is 5.16. The molecule has 4 heteroatoms. The van der Waals surface area contributed by atoms with Crippen LogP contribution < -0.4 is 5.73 Å². The number of aryl methyl sites for hydroxylation is 2. The number of carbonyl (C=O) groups excluding carboxylic acids is 1. The number of furan rings is 1. The third kappa shape index (κ3) is 2.06.